The SMILES string of the molecule is O=C(c1cccc(CS(=O)(=O)Cc2ccc(Cl)s2)c1)N1CCCCC1. The molecule has 0 unspecified atom stereocenters. The number of thiophene rings is 1. The lowest BCUT2D eigenvalue weighted by Crippen LogP contribution is -2.35. The van der Waals surface area contributed by atoms with Crippen LogP contribution in [0.5, 0.6) is 0 Å². The van der Waals surface area contributed by atoms with Crippen LogP contribution in [-0.4, -0.2) is 32.3 Å². The molecule has 2 aromatic rings. The Morgan fingerprint density at radius 1 is 1.08 bits per heavy atom. The quantitative estimate of drug-likeness (QED) is 0.761. The third-order valence-electron chi connectivity index (χ3n) is 4.19. The average molecular weight is 398 g/mol. The molecule has 1 fully saturated rings. The van der Waals surface area contributed by atoms with Gasteiger partial charge in [0.05, 0.1) is 15.8 Å². The zero-order chi connectivity index (χ0) is 17.9. The summed E-state index contributed by atoms with van der Waals surface area (Å²) in [6.07, 6.45) is 3.22. The van der Waals surface area contributed by atoms with E-state index in [2.05, 4.69) is 0 Å². The Morgan fingerprint density at radius 2 is 1.84 bits per heavy atom. The summed E-state index contributed by atoms with van der Waals surface area (Å²) in [7, 11) is -3.31. The molecule has 1 aliphatic rings. The molecule has 0 aliphatic carbocycles. The molecule has 1 aromatic heterocycles. The van der Waals surface area contributed by atoms with Crippen molar-refractivity contribution in [2.75, 3.05) is 13.1 Å². The van der Waals surface area contributed by atoms with E-state index < -0.39 is 9.84 Å². The van der Waals surface area contributed by atoms with E-state index in [1.54, 1.807) is 36.4 Å². The topological polar surface area (TPSA) is 54.5 Å². The van der Waals surface area contributed by atoms with Crippen LogP contribution < -0.4 is 0 Å². The molecule has 25 heavy (non-hydrogen) atoms. The van der Waals surface area contributed by atoms with Gasteiger partial charge in [0.2, 0.25) is 0 Å². The largest absolute Gasteiger partial charge is 0.339 e. The molecule has 0 saturated carbocycles. The molecular formula is C18H20ClNO3S2. The van der Waals surface area contributed by atoms with Gasteiger partial charge < -0.3 is 4.90 Å². The number of rotatable bonds is 5. The van der Waals surface area contributed by atoms with E-state index >= 15 is 0 Å². The first-order valence-electron chi connectivity index (χ1n) is 8.26. The lowest BCUT2D eigenvalue weighted by molar-refractivity contribution is 0.0724. The van der Waals surface area contributed by atoms with Crippen molar-refractivity contribution >= 4 is 38.7 Å². The Balaban J connectivity index is 1.71. The van der Waals surface area contributed by atoms with Gasteiger partial charge >= 0.3 is 0 Å². The summed E-state index contributed by atoms with van der Waals surface area (Å²) >= 11 is 7.14. The van der Waals surface area contributed by atoms with Crippen molar-refractivity contribution in [3.05, 3.63) is 56.7 Å². The molecule has 0 spiro atoms. The lowest BCUT2D eigenvalue weighted by atomic mass is 10.1. The molecule has 3 rings (SSSR count). The van der Waals surface area contributed by atoms with E-state index in [9.17, 15) is 13.2 Å². The maximum atomic E-state index is 12.6. The van der Waals surface area contributed by atoms with Crippen molar-refractivity contribution in [1.82, 2.24) is 4.90 Å². The van der Waals surface area contributed by atoms with E-state index in [1.807, 2.05) is 4.90 Å². The van der Waals surface area contributed by atoms with E-state index in [1.165, 1.54) is 11.3 Å². The van der Waals surface area contributed by atoms with Crippen LogP contribution in [-0.2, 0) is 21.3 Å². The van der Waals surface area contributed by atoms with E-state index in [4.69, 9.17) is 11.6 Å². The van der Waals surface area contributed by atoms with Gasteiger partial charge in [-0.25, -0.2) is 8.42 Å². The number of nitrogens with zero attached hydrogens (tertiary/aromatic N) is 1. The number of hydrogen-bond donors (Lipinski definition) is 0. The second-order valence-corrected chi connectivity index (χ2v) is 10.2. The Morgan fingerprint density at radius 3 is 2.52 bits per heavy atom. The van der Waals surface area contributed by atoms with Gasteiger partial charge in [-0.15, -0.1) is 11.3 Å². The van der Waals surface area contributed by atoms with Crippen LogP contribution in [0.4, 0.5) is 0 Å². The molecule has 1 aromatic carbocycles. The average Bonchev–Trinajstić information content (AvgIpc) is 2.98. The smallest absolute Gasteiger partial charge is 0.253 e. The highest BCUT2D eigenvalue weighted by Crippen LogP contribution is 2.24. The minimum atomic E-state index is -3.31. The molecular weight excluding hydrogens is 378 g/mol. The van der Waals surface area contributed by atoms with Crippen LogP contribution in [0.25, 0.3) is 0 Å². The molecule has 134 valence electrons. The first kappa shape index (κ1) is 18.4. The van der Waals surface area contributed by atoms with Gasteiger partial charge in [0, 0.05) is 23.5 Å². The number of likely N-dealkylation sites (tertiary alicyclic amines) is 1. The maximum absolute atomic E-state index is 12.6. The molecule has 0 bridgehead atoms. The fraction of sp³-hybridized carbons (Fsp3) is 0.389. The normalized spacial score (nSPS) is 15.3. The molecule has 4 nitrogen and oxygen atoms in total. The highest BCUT2D eigenvalue weighted by molar-refractivity contribution is 7.90. The zero-order valence-corrected chi connectivity index (χ0v) is 16.2. The summed E-state index contributed by atoms with van der Waals surface area (Å²) in [5, 5.41) is 0. The van der Waals surface area contributed by atoms with Gasteiger partial charge in [0.25, 0.3) is 5.91 Å². The van der Waals surface area contributed by atoms with Crippen LogP contribution >= 0.6 is 22.9 Å². The summed E-state index contributed by atoms with van der Waals surface area (Å²) in [5.74, 6) is -0.123. The first-order valence-corrected chi connectivity index (χ1v) is 11.3. The fourth-order valence-corrected chi connectivity index (χ4v) is 6.00. The van der Waals surface area contributed by atoms with Gasteiger partial charge in [-0.2, -0.15) is 0 Å². The summed E-state index contributed by atoms with van der Waals surface area (Å²) in [5.41, 5.74) is 1.21. The van der Waals surface area contributed by atoms with Crippen molar-refractivity contribution in [2.24, 2.45) is 0 Å². The summed E-state index contributed by atoms with van der Waals surface area (Å²) in [6, 6.07) is 10.4. The highest BCUT2D eigenvalue weighted by Gasteiger charge is 2.20. The van der Waals surface area contributed by atoms with E-state index in [-0.39, 0.29) is 17.4 Å². The summed E-state index contributed by atoms with van der Waals surface area (Å²) < 4.78 is 25.4. The monoisotopic (exact) mass is 397 g/mol. The predicted molar refractivity (Wildman–Crippen MR) is 102 cm³/mol. The van der Waals surface area contributed by atoms with Crippen LogP contribution in [0.3, 0.4) is 0 Å². The number of benzene rings is 1. The second kappa shape index (κ2) is 7.89. The minimum absolute atomic E-state index is 0.0102. The molecule has 2 heterocycles. The number of halogens is 1. The van der Waals surface area contributed by atoms with Crippen LogP contribution in [0.15, 0.2) is 36.4 Å². The molecule has 1 amide bonds. The number of piperidine rings is 1. The van der Waals surface area contributed by atoms with E-state index in [0.717, 1.165) is 37.2 Å². The molecule has 0 N–H and O–H groups in total. The minimum Gasteiger partial charge on any atom is -0.339 e. The Kier molecular flexibility index (Phi) is 5.81. The number of sulfone groups is 1. The van der Waals surface area contributed by atoms with Crippen molar-refractivity contribution in [3.63, 3.8) is 0 Å². The third kappa shape index (κ3) is 5.06. The van der Waals surface area contributed by atoms with Gasteiger partial charge in [0.15, 0.2) is 9.84 Å². The number of carbonyl (C=O) groups is 1. The van der Waals surface area contributed by atoms with Crippen molar-refractivity contribution in [1.29, 1.82) is 0 Å². The van der Waals surface area contributed by atoms with E-state index in [0.29, 0.717) is 15.5 Å². The number of hydrogen-bond acceptors (Lipinski definition) is 4. The van der Waals surface area contributed by atoms with Gasteiger partial charge in [-0.1, -0.05) is 23.7 Å². The Bertz CT molecular complexity index is 855. The summed E-state index contributed by atoms with van der Waals surface area (Å²) in [4.78, 5) is 15.2. The third-order valence-corrected chi connectivity index (χ3v) is 7.13. The van der Waals surface area contributed by atoms with Gasteiger partial charge in [-0.3, -0.25) is 4.79 Å². The molecule has 0 atom stereocenters. The summed E-state index contributed by atoms with van der Waals surface area (Å²) in [6.45, 7) is 1.56. The molecule has 1 aliphatic heterocycles. The van der Waals surface area contributed by atoms with Gasteiger partial charge in [-0.05, 0) is 49.1 Å². The first-order chi connectivity index (χ1) is 11.9. The molecule has 1 saturated heterocycles. The Labute approximate surface area is 157 Å². The zero-order valence-electron chi connectivity index (χ0n) is 13.8. The fourth-order valence-electron chi connectivity index (χ4n) is 3.02. The maximum Gasteiger partial charge on any atom is 0.253 e. The highest BCUT2D eigenvalue weighted by atomic mass is 35.5. The van der Waals surface area contributed by atoms with Crippen molar-refractivity contribution < 1.29 is 13.2 Å². The number of amides is 1. The lowest BCUT2D eigenvalue weighted by Gasteiger charge is -2.26. The standard InChI is InChI=1S/C18H20ClNO3S2/c19-17-8-7-16(24-17)13-25(22,23)12-14-5-4-6-15(11-14)18(21)20-9-2-1-3-10-20/h4-8,11H,1-3,9-10,12-13H2. The molecule has 0 radical (unpaired) electrons. The number of carbonyl (C=O) groups excluding carboxylic acids is 1. The van der Waals surface area contributed by atoms with Crippen LogP contribution in [0.2, 0.25) is 4.34 Å². The second-order valence-electron chi connectivity index (χ2n) is 6.29. The Hall–Kier alpha value is -1.37. The van der Waals surface area contributed by atoms with Crippen LogP contribution in [0, 0.1) is 0 Å². The predicted octanol–water partition coefficient (Wildman–Crippen LogP) is 4.14. The van der Waals surface area contributed by atoms with Crippen LogP contribution in [0.1, 0.15) is 40.1 Å². The van der Waals surface area contributed by atoms with Gasteiger partial charge in [0.1, 0.15) is 0 Å². The van der Waals surface area contributed by atoms with Crippen molar-refractivity contribution in [3.8, 4) is 0 Å². The van der Waals surface area contributed by atoms with Crippen molar-refractivity contribution in [2.45, 2.75) is 30.8 Å². The molecule has 7 heteroatoms.